The maximum absolute atomic E-state index is 13.4. The van der Waals surface area contributed by atoms with E-state index in [-0.39, 0.29) is 18.0 Å². The molecule has 4 aromatic rings. The molecule has 0 fully saturated rings. The van der Waals surface area contributed by atoms with Crippen molar-refractivity contribution in [1.29, 1.82) is 0 Å². The van der Waals surface area contributed by atoms with E-state index in [4.69, 9.17) is 4.74 Å². The lowest BCUT2D eigenvalue weighted by atomic mass is 10.1. The zero-order valence-corrected chi connectivity index (χ0v) is 17.6. The van der Waals surface area contributed by atoms with Crippen molar-refractivity contribution in [2.45, 2.75) is 12.6 Å². The number of rotatable bonds is 4. The van der Waals surface area contributed by atoms with Gasteiger partial charge in [0.25, 0.3) is 17.4 Å². The number of fused-ring (bicyclic) bond motifs is 2. The number of carbonyl (C=O) groups is 2. The highest BCUT2D eigenvalue weighted by Crippen LogP contribution is 2.34. The number of ether oxygens (including phenoxy) is 1. The van der Waals surface area contributed by atoms with E-state index in [9.17, 15) is 14.4 Å². The summed E-state index contributed by atoms with van der Waals surface area (Å²) in [7, 11) is 0. The van der Waals surface area contributed by atoms with Gasteiger partial charge >= 0.3 is 0 Å². The van der Waals surface area contributed by atoms with Gasteiger partial charge in [0.2, 0.25) is 0 Å². The van der Waals surface area contributed by atoms with Gasteiger partial charge in [0.05, 0.1) is 12.2 Å². The Morgan fingerprint density at radius 1 is 1.12 bits per heavy atom. The van der Waals surface area contributed by atoms with Crippen LogP contribution in [0, 0.1) is 0 Å². The van der Waals surface area contributed by atoms with Gasteiger partial charge in [0.1, 0.15) is 11.3 Å². The molecule has 8 nitrogen and oxygen atoms in total. The van der Waals surface area contributed by atoms with Gasteiger partial charge in [-0.2, -0.15) is 0 Å². The zero-order valence-electron chi connectivity index (χ0n) is 16.8. The molecule has 0 spiro atoms. The van der Waals surface area contributed by atoms with Crippen LogP contribution >= 0.6 is 11.3 Å². The van der Waals surface area contributed by atoms with Crippen LogP contribution in [0.15, 0.2) is 77.2 Å². The maximum Gasteiger partial charge on any atom is 0.271 e. The average Bonchev–Trinajstić information content (AvgIpc) is 3.32. The molecule has 2 aromatic heterocycles. The monoisotopic (exact) mass is 446 g/mol. The summed E-state index contributed by atoms with van der Waals surface area (Å²) < 4.78 is 7.22. The van der Waals surface area contributed by atoms with E-state index in [1.165, 1.54) is 26.8 Å². The lowest BCUT2D eigenvalue weighted by Crippen LogP contribution is -2.51. The van der Waals surface area contributed by atoms with E-state index in [1.54, 1.807) is 35.8 Å². The summed E-state index contributed by atoms with van der Waals surface area (Å²) in [5.41, 5.74) is 0.934. The number of nitrogens with one attached hydrogen (secondary N) is 1. The van der Waals surface area contributed by atoms with Crippen LogP contribution in [0.25, 0.3) is 4.96 Å². The first-order valence-electron chi connectivity index (χ1n) is 9.96. The quantitative estimate of drug-likeness (QED) is 0.520. The molecule has 32 heavy (non-hydrogen) atoms. The number of nitrogens with zero attached hydrogens (tertiary/aromatic N) is 3. The van der Waals surface area contributed by atoms with Gasteiger partial charge in [0.15, 0.2) is 11.1 Å². The Morgan fingerprint density at radius 2 is 1.91 bits per heavy atom. The van der Waals surface area contributed by atoms with Crippen LogP contribution in [0.4, 0.5) is 5.69 Å². The highest BCUT2D eigenvalue weighted by molar-refractivity contribution is 7.15. The van der Waals surface area contributed by atoms with E-state index in [0.717, 1.165) is 5.56 Å². The molecule has 1 N–H and O–H groups in total. The smallest absolute Gasteiger partial charge is 0.271 e. The highest BCUT2D eigenvalue weighted by Gasteiger charge is 2.35. The van der Waals surface area contributed by atoms with Crippen LogP contribution in [-0.4, -0.2) is 33.8 Å². The molecule has 1 atom stereocenters. The highest BCUT2D eigenvalue weighted by atomic mass is 32.1. The second kappa shape index (κ2) is 8.27. The van der Waals surface area contributed by atoms with Crippen LogP contribution < -0.4 is 20.5 Å². The predicted octanol–water partition coefficient (Wildman–Crippen LogP) is 2.48. The van der Waals surface area contributed by atoms with Crippen molar-refractivity contribution in [2.75, 3.05) is 11.4 Å². The minimum atomic E-state index is -0.918. The molecule has 0 radical (unpaired) electrons. The predicted molar refractivity (Wildman–Crippen MR) is 120 cm³/mol. The molecule has 2 amide bonds. The summed E-state index contributed by atoms with van der Waals surface area (Å²) in [6, 6.07) is 16.5. The largest absolute Gasteiger partial charge is 0.477 e. The zero-order chi connectivity index (χ0) is 22.1. The minimum Gasteiger partial charge on any atom is -0.477 e. The molecular formula is C23H18N4O4S. The number of anilines is 1. The summed E-state index contributed by atoms with van der Waals surface area (Å²) in [5, 5.41) is 4.58. The third kappa shape index (κ3) is 3.63. The molecule has 9 heteroatoms. The van der Waals surface area contributed by atoms with Crippen LogP contribution in [0.5, 0.6) is 5.75 Å². The van der Waals surface area contributed by atoms with Crippen molar-refractivity contribution in [3.63, 3.8) is 0 Å². The van der Waals surface area contributed by atoms with Crippen molar-refractivity contribution in [3.8, 4) is 5.75 Å². The van der Waals surface area contributed by atoms with Crippen LogP contribution in [0.3, 0.4) is 0 Å². The molecule has 3 heterocycles. The Kier molecular flexibility index (Phi) is 5.16. The molecule has 0 aliphatic carbocycles. The minimum absolute atomic E-state index is 0.0255. The number of carbonyl (C=O) groups excluding carboxylic acids is 2. The Hall–Kier alpha value is -3.98. The first-order valence-corrected chi connectivity index (χ1v) is 10.8. The first-order chi connectivity index (χ1) is 15.6. The van der Waals surface area contributed by atoms with Gasteiger partial charge in [-0.05, 0) is 17.7 Å². The van der Waals surface area contributed by atoms with Crippen LogP contribution in [0.2, 0.25) is 0 Å². The molecule has 1 aliphatic rings. The van der Waals surface area contributed by atoms with Crippen molar-refractivity contribution >= 4 is 33.8 Å². The normalized spacial score (nSPS) is 15.1. The second-order valence-corrected chi connectivity index (χ2v) is 8.10. The molecular weight excluding hydrogens is 428 g/mol. The Balaban J connectivity index is 1.43. The molecule has 0 bridgehead atoms. The van der Waals surface area contributed by atoms with E-state index >= 15 is 0 Å². The van der Waals surface area contributed by atoms with Gasteiger partial charge < -0.3 is 15.0 Å². The molecule has 160 valence electrons. The Bertz CT molecular complexity index is 1370. The fraction of sp³-hybridized carbons (Fsp3) is 0.130. The van der Waals surface area contributed by atoms with Gasteiger partial charge in [0, 0.05) is 24.3 Å². The summed E-state index contributed by atoms with van der Waals surface area (Å²) in [6.45, 7) is 0.317. The van der Waals surface area contributed by atoms with Gasteiger partial charge in [-0.3, -0.25) is 18.8 Å². The van der Waals surface area contributed by atoms with Gasteiger partial charge in [-0.1, -0.05) is 42.5 Å². The summed E-state index contributed by atoms with van der Waals surface area (Å²) in [5.74, 6) is -0.472. The number of hydrogen-bond acceptors (Lipinski definition) is 6. The summed E-state index contributed by atoms with van der Waals surface area (Å²) in [6.07, 6.45) is 1.95. The van der Waals surface area contributed by atoms with Crippen molar-refractivity contribution in [2.24, 2.45) is 0 Å². The standard InChI is InChI=1S/C23H18N4O4S/c28-20(24-12-15-6-2-1-3-7-15)19-14-27(17-8-4-5-9-18(17)31-19)22(30)16-13-25-23-26(21(16)29)10-11-32-23/h1-11,13,19H,12,14H2,(H,24,28)/t19-/m1/s1. The third-order valence-corrected chi connectivity index (χ3v) is 5.96. The summed E-state index contributed by atoms with van der Waals surface area (Å²) in [4.78, 5) is 45.2. The molecule has 5 rings (SSSR count). The van der Waals surface area contributed by atoms with Crippen molar-refractivity contribution in [3.05, 3.63) is 93.9 Å². The second-order valence-electron chi connectivity index (χ2n) is 7.23. The first kappa shape index (κ1) is 20.0. The fourth-order valence-corrected chi connectivity index (χ4v) is 4.25. The number of para-hydroxylation sites is 2. The van der Waals surface area contributed by atoms with Gasteiger partial charge in [-0.25, -0.2) is 4.98 Å². The Labute approximate surface area is 186 Å². The topological polar surface area (TPSA) is 93.0 Å². The lowest BCUT2D eigenvalue weighted by molar-refractivity contribution is -0.127. The van der Waals surface area contributed by atoms with Crippen molar-refractivity contribution in [1.82, 2.24) is 14.7 Å². The molecule has 1 aliphatic heterocycles. The average molecular weight is 446 g/mol. The van der Waals surface area contributed by atoms with E-state index in [2.05, 4.69) is 10.3 Å². The maximum atomic E-state index is 13.4. The molecule has 0 saturated carbocycles. The number of hydrogen-bond donors (Lipinski definition) is 1. The summed E-state index contributed by atoms with van der Waals surface area (Å²) >= 11 is 1.31. The van der Waals surface area contributed by atoms with Crippen molar-refractivity contribution < 1.29 is 14.3 Å². The van der Waals surface area contributed by atoms with E-state index in [1.807, 2.05) is 30.3 Å². The Morgan fingerprint density at radius 3 is 2.75 bits per heavy atom. The number of aromatic nitrogens is 2. The molecule has 0 unspecified atom stereocenters. The van der Waals surface area contributed by atoms with E-state index < -0.39 is 17.6 Å². The van der Waals surface area contributed by atoms with E-state index in [0.29, 0.717) is 22.9 Å². The van der Waals surface area contributed by atoms with Gasteiger partial charge in [-0.15, -0.1) is 11.3 Å². The van der Waals surface area contributed by atoms with Crippen LogP contribution in [-0.2, 0) is 11.3 Å². The number of benzene rings is 2. The molecule has 2 aromatic carbocycles. The molecule has 0 saturated heterocycles. The third-order valence-electron chi connectivity index (χ3n) is 5.19. The number of thiazole rings is 1. The lowest BCUT2D eigenvalue weighted by Gasteiger charge is -2.34. The number of amides is 2. The SMILES string of the molecule is O=C(NCc1ccccc1)[C@H]1CN(C(=O)c2cnc3sccn3c2=O)c2ccccc2O1. The fourth-order valence-electron chi connectivity index (χ4n) is 3.58. The van der Waals surface area contributed by atoms with Crippen LogP contribution in [0.1, 0.15) is 15.9 Å².